The van der Waals surface area contributed by atoms with Gasteiger partial charge in [-0.2, -0.15) is 0 Å². The van der Waals surface area contributed by atoms with Gasteiger partial charge in [-0.25, -0.2) is 4.39 Å². The maximum absolute atomic E-state index is 13.4. The van der Waals surface area contributed by atoms with Crippen LogP contribution in [0.3, 0.4) is 0 Å². The van der Waals surface area contributed by atoms with Crippen LogP contribution in [0.4, 0.5) is 15.8 Å². The fourth-order valence-corrected chi connectivity index (χ4v) is 1.46. The molecule has 2 amide bonds. The zero-order valence-electron chi connectivity index (χ0n) is 10.8. The van der Waals surface area contributed by atoms with Crippen molar-refractivity contribution in [2.75, 3.05) is 24.6 Å². The third-order valence-electron chi connectivity index (χ3n) is 2.69. The van der Waals surface area contributed by atoms with Crippen molar-refractivity contribution in [3.8, 4) is 0 Å². The van der Waals surface area contributed by atoms with Gasteiger partial charge in [0.15, 0.2) is 0 Å². The van der Waals surface area contributed by atoms with Gasteiger partial charge in [-0.1, -0.05) is 0 Å². The average Bonchev–Trinajstić information content (AvgIpc) is 2.31. The van der Waals surface area contributed by atoms with Crippen LogP contribution in [0.25, 0.3) is 0 Å². The SMILES string of the molecule is CC(C(=O)Nc1cc(N)ccc1F)N(C)CC(N)=O. The topological polar surface area (TPSA) is 101 Å². The Hall–Kier alpha value is -2.15. The maximum Gasteiger partial charge on any atom is 0.241 e. The highest BCUT2D eigenvalue weighted by Gasteiger charge is 2.20. The zero-order valence-corrected chi connectivity index (χ0v) is 10.8. The minimum Gasteiger partial charge on any atom is -0.399 e. The number of halogens is 1. The van der Waals surface area contributed by atoms with E-state index in [4.69, 9.17) is 11.5 Å². The predicted molar refractivity (Wildman–Crippen MR) is 70.7 cm³/mol. The smallest absolute Gasteiger partial charge is 0.241 e. The predicted octanol–water partition coefficient (Wildman–Crippen LogP) is 0.152. The fourth-order valence-electron chi connectivity index (χ4n) is 1.46. The van der Waals surface area contributed by atoms with E-state index in [1.54, 1.807) is 14.0 Å². The highest BCUT2D eigenvalue weighted by molar-refractivity contribution is 5.95. The van der Waals surface area contributed by atoms with E-state index in [1.807, 2.05) is 0 Å². The van der Waals surface area contributed by atoms with E-state index in [-0.39, 0.29) is 12.2 Å². The molecule has 7 heteroatoms. The molecule has 1 unspecified atom stereocenters. The molecule has 1 aromatic carbocycles. The van der Waals surface area contributed by atoms with E-state index in [0.717, 1.165) is 0 Å². The molecule has 0 spiro atoms. The number of nitrogens with one attached hydrogen (secondary N) is 1. The van der Waals surface area contributed by atoms with Crippen LogP contribution in [0.5, 0.6) is 0 Å². The summed E-state index contributed by atoms with van der Waals surface area (Å²) >= 11 is 0. The number of nitrogens with two attached hydrogens (primary N) is 2. The van der Waals surface area contributed by atoms with Crippen molar-refractivity contribution in [2.45, 2.75) is 13.0 Å². The number of nitrogen functional groups attached to an aromatic ring is 1. The molecule has 0 heterocycles. The molecule has 0 radical (unpaired) electrons. The maximum atomic E-state index is 13.4. The van der Waals surface area contributed by atoms with Gasteiger partial charge in [-0.3, -0.25) is 14.5 Å². The Balaban J connectivity index is 2.73. The van der Waals surface area contributed by atoms with Crippen LogP contribution in [0.15, 0.2) is 18.2 Å². The second-order valence-electron chi connectivity index (χ2n) is 4.29. The molecule has 0 aliphatic rings. The first-order valence-corrected chi connectivity index (χ1v) is 5.65. The molecule has 1 atom stereocenters. The van der Waals surface area contributed by atoms with Crippen molar-refractivity contribution >= 4 is 23.2 Å². The monoisotopic (exact) mass is 268 g/mol. The summed E-state index contributed by atoms with van der Waals surface area (Å²) in [5.74, 6) is -1.57. The third kappa shape index (κ3) is 4.22. The second-order valence-corrected chi connectivity index (χ2v) is 4.29. The fraction of sp³-hybridized carbons (Fsp3) is 0.333. The standard InChI is InChI=1S/C12H17FN4O2/c1-7(17(2)6-11(15)18)12(19)16-10-5-8(14)3-4-9(10)13/h3-5,7H,6,14H2,1-2H3,(H2,15,18)(H,16,19). The molecule has 0 fully saturated rings. The molecule has 0 aliphatic heterocycles. The molecule has 0 aliphatic carbocycles. The normalized spacial score (nSPS) is 12.2. The Morgan fingerprint density at radius 2 is 2.11 bits per heavy atom. The Morgan fingerprint density at radius 1 is 1.47 bits per heavy atom. The van der Waals surface area contributed by atoms with Crippen LogP contribution < -0.4 is 16.8 Å². The molecular formula is C12H17FN4O2. The molecule has 0 saturated carbocycles. The number of carbonyl (C=O) groups is 2. The molecular weight excluding hydrogens is 251 g/mol. The molecule has 19 heavy (non-hydrogen) atoms. The Kier molecular flexibility index (Phi) is 4.82. The quantitative estimate of drug-likeness (QED) is 0.662. The summed E-state index contributed by atoms with van der Waals surface area (Å²) in [5, 5.41) is 2.42. The van der Waals surface area contributed by atoms with E-state index in [1.165, 1.54) is 23.1 Å². The number of anilines is 2. The van der Waals surface area contributed by atoms with Gasteiger partial charge >= 0.3 is 0 Å². The molecule has 1 rings (SSSR count). The highest BCUT2D eigenvalue weighted by atomic mass is 19.1. The first-order valence-electron chi connectivity index (χ1n) is 5.65. The molecule has 5 N–H and O–H groups in total. The van der Waals surface area contributed by atoms with Gasteiger partial charge < -0.3 is 16.8 Å². The second kappa shape index (κ2) is 6.14. The van der Waals surface area contributed by atoms with Gasteiger partial charge in [-0.15, -0.1) is 0 Å². The summed E-state index contributed by atoms with van der Waals surface area (Å²) in [6, 6.07) is 3.26. The molecule has 0 saturated heterocycles. The van der Waals surface area contributed by atoms with Gasteiger partial charge in [0.05, 0.1) is 18.3 Å². The number of likely N-dealkylation sites (N-methyl/N-ethyl adjacent to an activating group) is 1. The highest BCUT2D eigenvalue weighted by Crippen LogP contribution is 2.17. The van der Waals surface area contributed by atoms with Gasteiger partial charge in [0.25, 0.3) is 0 Å². The van der Waals surface area contributed by atoms with Crippen molar-refractivity contribution in [2.24, 2.45) is 5.73 Å². The van der Waals surface area contributed by atoms with E-state index >= 15 is 0 Å². The van der Waals surface area contributed by atoms with Crippen molar-refractivity contribution < 1.29 is 14.0 Å². The lowest BCUT2D eigenvalue weighted by Gasteiger charge is -2.22. The van der Waals surface area contributed by atoms with Gasteiger partial charge in [-0.05, 0) is 32.2 Å². The summed E-state index contributed by atoms with van der Waals surface area (Å²) in [5.41, 5.74) is 10.9. The Morgan fingerprint density at radius 3 is 2.68 bits per heavy atom. The number of rotatable bonds is 5. The van der Waals surface area contributed by atoms with Crippen LogP contribution in [-0.2, 0) is 9.59 Å². The van der Waals surface area contributed by atoms with E-state index in [0.29, 0.717) is 5.69 Å². The average molecular weight is 268 g/mol. The van der Waals surface area contributed by atoms with E-state index < -0.39 is 23.7 Å². The van der Waals surface area contributed by atoms with Crippen molar-refractivity contribution in [3.63, 3.8) is 0 Å². The number of carbonyl (C=O) groups excluding carboxylic acids is 2. The van der Waals surface area contributed by atoms with Crippen LogP contribution in [0, 0.1) is 5.82 Å². The van der Waals surface area contributed by atoms with Crippen LogP contribution >= 0.6 is 0 Å². The first-order chi connectivity index (χ1) is 8.81. The van der Waals surface area contributed by atoms with E-state index in [9.17, 15) is 14.0 Å². The number of hydrogen-bond donors (Lipinski definition) is 3. The van der Waals surface area contributed by atoms with Crippen molar-refractivity contribution in [3.05, 3.63) is 24.0 Å². The molecule has 104 valence electrons. The van der Waals surface area contributed by atoms with Crippen molar-refractivity contribution in [1.29, 1.82) is 0 Å². The first kappa shape index (κ1) is 14.9. The Bertz CT molecular complexity index is 493. The lowest BCUT2D eigenvalue weighted by Crippen LogP contribution is -2.43. The van der Waals surface area contributed by atoms with Gasteiger partial charge in [0.1, 0.15) is 5.82 Å². The molecule has 0 aromatic heterocycles. The summed E-state index contributed by atoms with van der Waals surface area (Å²) in [6.45, 7) is 1.52. The Labute approximate surface area is 110 Å². The number of benzene rings is 1. The molecule has 1 aromatic rings. The lowest BCUT2D eigenvalue weighted by atomic mass is 10.2. The van der Waals surface area contributed by atoms with Crippen molar-refractivity contribution in [1.82, 2.24) is 4.90 Å². The number of nitrogens with zero attached hydrogens (tertiary/aromatic N) is 1. The molecule has 0 bridgehead atoms. The molecule has 6 nitrogen and oxygen atoms in total. The van der Waals surface area contributed by atoms with Crippen LogP contribution in [0.1, 0.15) is 6.92 Å². The summed E-state index contributed by atoms with van der Waals surface area (Å²) in [6.07, 6.45) is 0. The minimum atomic E-state index is -0.631. The van der Waals surface area contributed by atoms with Gasteiger partial charge in [0.2, 0.25) is 11.8 Å². The largest absolute Gasteiger partial charge is 0.399 e. The number of hydrogen-bond acceptors (Lipinski definition) is 4. The van der Waals surface area contributed by atoms with Crippen LogP contribution in [0.2, 0.25) is 0 Å². The summed E-state index contributed by atoms with van der Waals surface area (Å²) < 4.78 is 13.4. The number of amides is 2. The zero-order chi connectivity index (χ0) is 14.6. The number of primary amides is 1. The van der Waals surface area contributed by atoms with E-state index in [2.05, 4.69) is 5.32 Å². The van der Waals surface area contributed by atoms with Crippen LogP contribution in [-0.4, -0.2) is 36.3 Å². The van der Waals surface area contributed by atoms with Gasteiger partial charge in [0, 0.05) is 5.69 Å². The summed E-state index contributed by atoms with van der Waals surface area (Å²) in [4.78, 5) is 24.1. The summed E-state index contributed by atoms with van der Waals surface area (Å²) in [7, 11) is 1.57. The lowest BCUT2D eigenvalue weighted by molar-refractivity contribution is -0.123. The third-order valence-corrected chi connectivity index (χ3v) is 2.69. The minimum absolute atomic E-state index is 0.00400.